The van der Waals surface area contributed by atoms with Crippen LogP contribution in [0.4, 0.5) is 34.5 Å². The van der Waals surface area contributed by atoms with Crippen LogP contribution in [0, 0.1) is 0 Å². The van der Waals surface area contributed by atoms with E-state index in [4.69, 9.17) is 0 Å². The summed E-state index contributed by atoms with van der Waals surface area (Å²) < 4.78 is 83.0. The predicted octanol–water partition coefficient (Wildman–Crippen LogP) is 13.6. The first-order valence-corrected chi connectivity index (χ1v) is 19.0. The lowest BCUT2D eigenvalue weighted by Crippen LogP contribution is -2.49. The van der Waals surface area contributed by atoms with Crippen molar-refractivity contribution in [3.63, 3.8) is 0 Å². The number of rotatable bonds is 9. The molecule has 0 fully saturated rings. The third kappa shape index (κ3) is 12.3. The fourth-order valence-electron chi connectivity index (χ4n) is 6.91. The molecule has 0 radical (unpaired) electrons. The molecule has 12 heteroatoms. The highest BCUT2D eigenvalue weighted by Crippen LogP contribution is 2.31. The predicted molar refractivity (Wildman–Crippen MR) is 226 cm³/mol. The van der Waals surface area contributed by atoms with Gasteiger partial charge in [-0.25, -0.2) is 0 Å². The van der Waals surface area contributed by atoms with E-state index >= 15 is 0 Å². The van der Waals surface area contributed by atoms with E-state index in [0.717, 1.165) is 13.1 Å². The van der Waals surface area contributed by atoms with Gasteiger partial charge < -0.3 is 34.5 Å². The summed E-state index contributed by atoms with van der Waals surface area (Å²) >= 11 is 0. The highest BCUT2D eigenvalue weighted by atomic mass is 19.5. The smallest absolute Gasteiger partial charge is 0.418 e. The molecular formula is C48H38B2F8N2. The molecule has 2 nitrogen and oxygen atoms in total. The molecule has 0 N–H and O–H groups in total. The summed E-state index contributed by atoms with van der Waals surface area (Å²) in [6.07, 6.45) is 0. The van der Waals surface area contributed by atoms with Gasteiger partial charge in [0.25, 0.3) is 0 Å². The highest BCUT2D eigenvalue weighted by molar-refractivity contribution is 6.50. The number of aromatic nitrogens is 2. The standard InChI is InChI=1S/C48H38N2.2BF4/c1-7-19-37(20-8-1)43-33-45(39-23-11-3-12-24-39)49(46(34-43)40-25-13-4-14-26-40)31-32-50-47(41-27-15-5-16-28-41)35-44(38-21-9-2-10-22-38)36-48(50)42-29-17-6-18-30-42;2*2-1(3,4)5/h1-30,33-36H,31-32H2;;/q+2;2*-1. The summed E-state index contributed by atoms with van der Waals surface area (Å²) in [4.78, 5) is 0. The Morgan fingerprint density at radius 2 is 0.417 bits per heavy atom. The lowest BCUT2D eigenvalue weighted by atomic mass is 9.98. The summed E-state index contributed by atoms with van der Waals surface area (Å²) in [5.41, 5.74) is 14.3. The van der Waals surface area contributed by atoms with Gasteiger partial charge in [0, 0.05) is 46.5 Å². The minimum atomic E-state index is -6.00. The second-order valence-electron chi connectivity index (χ2n) is 13.5. The minimum Gasteiger partial charge on any atom is -0.418 e. The van der Waals surface area contributed by atoms with Gasteiger partial charge in [0.1, 0.15) is 0 Å². The Labute approximate surface area is 343 Å². The van der Waals surface area contributed by atoms with Gasteiger partial charge in [-0.2, -0.15) is 9.13 Å². The maximum Gasteiger partial charge on any atom is 0.673 e. The lowest BCUT2D eigenvalue weighted by Gasteiger charge is -2.15. The van der Waals surface area contributed by atoms with Crippen LogP contribution >= 0.6 is 0 Å². The van der Waals surface area contributed by atoms with Gasteiger partial charge in [0.15, 0.2) is 0 Å². The Bertz CT molecular complexity index is 2250. The summed E-state index contributed by atoms with van der Waals surface area (Å²) in [7, 11) is -12.0. The molecule has 0 aliphatic heterocycles. The van der Waals surface area contributed by atoms with Crippen molar-refractivity contribution in [1.29, 1.82) is 0 Å². The third-order valence-corrected chi connectivity index (χ3v) is 9.37. The van der Waals surface area contributed by atoms with E-state index in [9.17, 15) is 34.5 Å². The number of hydrogen-bond donors (Lipinski definition) is 0. The van der Waals surface area contributed by atoms with Gasteiger partial charge in [-0.3, -0.25) is 0 Å². The van der Waals surface area contributed by atoms with Crippen molar-refractivity contribution >= 4 is 14.5 Å². The average molecular weight is 816 g/mol. The number of hydrogen-bond acceptors (Lipinski definition) is 0. The summed E-state index contributed by atoms with van der Waals surface area (Å²) in [5, 5.41) is 0. The first kappa shape index (κ1) is 42.8. The van der Waals surface area contributed by atoms with Gasteiger partial charge in [-0.15, -0.1) is 0 Å². The van der Waals surface area contributed by atoms with E-state index in [1.165, 1.54) is 67.3 Å². The molecule has 2 heterocycles. The van der Waals surface area contributed by atoms with Crippen molar-refractivity contribution in [3.05, 3.63) is 206 Å². The number of benzene rings is 6. The molecular weight excluding hydrogens is 778 g/mol. The van der Waals surface area contributed by atoms with Crippen molar-refractivity contribution < 1.29 is 43.7 Å². The summed E-state index contributed by atoms with van der Waals surface area (Å²) in [6.45, 7) is 1.52. The number of nitrogens with zero attached hydrogens (tertiary/aromatic N) is 2. The molecule has 60 heavy (non-hydrogen) atoms. The zero-order chi connectivity index (χ0) is 42.5. The molecule has 0 aliphatic rings. The van der Waals surface area contributed by atoms with E-state index < -0.39 is 14.5 Å². The molecule has 0 unspecified atom stereocenters. The SMILES string of the molecule is F[B-](F)(F)F.F[B-](F)(F)F.c1ccc(-c2cc(-c3ccccc3)[n+](CC[n+]3c(-c4ccccc4)cc(-c4ccccc4)cc3-c3ccccc3)c(-c3ccccc3)c2)cc1. The fourth-order valence-corrected chi connectivity index (χ4v) is 6.91. The minimum absolute atomic E-state index is 0.762. The molecule has 0 bridgehead atoms. The molecule has 6 aromatic carbocycles. The molecule has 302 valence electrons. The van der Waals surface area contributed by atoms with E-state index in [0.29, 0.717) is 0 Å². The van der Waals surface area contributed by atoms with E-state index in [1.54, 1.807) is 0 Å². The van der Waals surface area contributed by atoms with Crippen LogP contribution in [0.2, 0.25) is 0 Å². The van der Waals surface area contributed by atoms with E-state index in [1.807, 2.05) is 0 Å². The average Bonchev–Trinajstić information content (AvgIpc) is 3.26. The Kier molecular flexibility index (Phi) is 14.1. The van der Waals surface area contributed by atoms with Crippen LogP contribution in [-0.4, -0.2) is 14.5 Å². The van der Waals surface area contributed by atoms with Crippen LogP contribution in [0.15, 0.2) is 206 Å². The van der Waals surface area contributed by atoms with E-state index in [-0.39, 0.29) is 0 Å². The summed E-state index contributed by atoms with van der Waals surface area (Å²) in [6, 6.07) is 74.1. The van der Waals surface area contributed by atoms with Gasteiger partial charge >= 0.3 is 14.5 Å². The van der Waals surface area contributed by atoms with Crippen molar-refractivity contribution in [2.75, 3.05) is 0 Å². The zero-order valence-electron chi connectivity index (χ0n) is 32.1. The van der Waals surface area contributed by atoms with Crippen molar-refractivity contribution in [3.8, 4) is 67.3 Å². The maximum absolute atomic E-state index is 9.75. The molecule has 0 amide bonds. The Morgan fingerprint density at radius 3 is 0.600 bits per heavy atom. The monoisotopic (exact) mass is 816 g/mol. The molecule has 0 aliphatic carbocycles. The van der Waals surface area contributed by atoms with Crippen LogP contribution in [0.3, 0.4) is 0 Å². The van der Waals surface area contributed by atoms with Crippen LogP contribution in [0.1, 0.15) is 0 Å². The molecule has 8 rings (SSSR count). The van der Waals surface area contributed by atoms with Crippen LogP contribution < -0.4 is 9.13 Å². The normalized spacial score (nSPS) is 11.1. The zero-order valence-corrected chi connectivity index (χ0v) is 32.1. The maximum atomic E-state index is 9.75. The topological polar surface area (TPSA) is 7.76 Å². The number of halogens is 8. The first-order valence-electron chi connectivity index (χ1n) is 19.0. The largest absolute Gasteiger partial charge is 0.673 e. The second kappa shape index (κ2) is 19.8. The van der Waals surface area contributed by atoms with E-state index in [2.05, 4.69) is 215 Å². The van der Waals surface area contributed by atoms with Gasteiger partial charge in [-0.05, 0) is 70.8 Å². The Morgan fingerprint density at radius 1 is 0.250 bits per heavy atom. The molecule has 0 atom stereocenters. The highest BCUT2D eigenvalue weighted by Gasteiger charge is 2.28. The van der Waals surface area contributed by atoms with Crippen LogP contribution in [0.25, 0.3) is 67.3 Å². The van der Waals surface area contributed by atoms with Crippen LogP contribution in [-0.2, 0) is 13.1 Å². The quantitative estimate of drug-likeness (QED) is 0.0779. The lowest BCUT2D eigenvalue weighted by molar-refractivity contribution is -0.758. The first-order chi connectivity index (χ1) is 28.8. The molecule has 2 aromatic heterocycles. The van der Waals surface area contributed by atoms with Crippen molar-refractivity contribution in [2.24, 2.45) is 0 Å². The Balaban J connectivity index is 0.000000543. The van der Waals surface area contributed by atoms with Gasteiger partial charge in [-0.1, -0.05) is 133 Å². The Hall–Kier alpha value is -6.81. The van der Waals surface area contributed by atoms with Gasteiger partial charge in [0.2, 0.25) is 35.9 Å². The fraction of sp³-hybridized carbons (Fsp3) is 0.0417. The van der Waals surface area contributed by atoms with Crippen LogP contribution in [0.5, 0.6) is 0 Å². The van der Waals surface area contributed by atoms with Crippen molar-refractivity contribution in [1.82, 2.24) is 0 Å². The second-order valence-corrected chi connectivity index (χ2v) is 13.5. The molecule has 8 aromatic rings. The molecule has 0 saturated carbocycles. The number of pyridine rings is 2. The molecule has 0 saturated heterocycles. The third-order valence-electron chi connectivity index (χ3n) is 9.37. The van der Waals surface area contributed by atoms with Crippen molar-refractivity contribution in [2.45, 2.75) is 13.1 Å². The summed E-state index contributed by atoms with van der Waals surface area (Å²) in [5.74, 6) is 0. The van der Waals surface area contributed by atoms with Gasteiger partial charge in [0.05, 0.1) is 0 Å². The molecule has 0 spiro atoms.